The number of benzene rings is 3. The lowest BCUT2D eigenvalue weighted by Crippen LogP contribution is -2.28. The lowest BCUT2D eigenvalue weighted by atomic mass is 10.0. The van der Waals surface area contributed by atoms with Crippen LogP contribution in [-0.2, 0) is 11.3 Å². The fourth-order valence-corrected chi connectivity index (χ4v) is 2.68. The fourth-order valence-electron chi connectivity index (χ4n) is 2.68. The summed E-state index contributed by atoms with van der Waals surface area (Å²) in [7, 11) is 0. The van der Waals surface area contributed by atoms with Crippen molar-refractivity contribution in [2.24, 2.45) is 0 Å². The Morgan fingerprint density at radius 3 is 2.22 bits per heavy atom. The van der Waals surface area contributed by atoms with E-state index in [0.29, 0.717) is 17.9 Å². The van der Waals surface area contributed by atoms with Crippen molar-refractivity contribution in [2.75, 3.05) is 6.61 Å². The van der Waals surface area contributed by atoms with Gasteiger partial charge in [-0.05, 0) is 53.4 Å². The molecule has 0 fully saturated rings. The van der Waals surface area contributed by atoms with E-state index in [1.807, 2.05) is 67.6 Å². The summed E-state index contributed by atoms with van der Waals surface area (Å²) in [5, 5.41) is 11.7. The van der Waals surface area contributed by atoms with Crippen molar-refractivity contribution in [3.63, 3.8) is 0 Å². The number of nitrogens with one attached hydrogen (secondary N) is 1. The quantitative estimate of drug-likeness (QED) is 0.719. The SMILES string of the molecule is Cc1ccccc1CNC(=O)COc1ccc(-c2ccc(C#N)cc2)cc1. The second-order valence-electron chi connectivity index (χ2n) is 6.21. The molecule has 0 saturated heterocycles. The Bertz CT molecular complexity index is 955. The molecular weight excluding hydrogens is 336 g/mol. The molecule has 1 N–H and O–H groups in total. The van der Waals surface area contributed by atoms with Crippen LogP contribution in [0.3, 0.4) is 0 Å². The summed E-state index contributed by atoms with van der Waals surface area (Å²) >= 11 is 0. The normalized spacial score (nSPS) is 10.1. The van der Waals surface area contributed by atoms with Gasteiger partial charge in [0.05, 0.1) is 11.6 Å². The molecule has 0 aliphatic carbocycles. The van der Waals surface area contributed by atoms with E-state index >= 15 is 0 Å². The Morgan fingerprint density at radius 1 is 0.963 bits per heavy atom. The molecule has 1 amide bonds. The van der Waals surface area contributed by atoms with E-state index in [-0.39, 0.29) is 12.5 Å². The number of carbonyl (C=O) groups excluding carboxylic acids is 1. The zero-order valence-electron chi connectivity index (χ0n) is 15.1. The number of amides is 1. The third-order valence-corrected chi connectivity index (χ3v) is 4.31. The molecule has 3 rings (SSSR count). The van der Waals surface area contributed by atoms with Gasteiger partial charge in [0.1, 0.15) is 5.75 Å². The van der Waals surface area contributed by atoms with Crippen LogP contribution in [0.4, 0.5) is 0 Å². The van der Waals surface area contributed by atoms with Gasteiger partial charge in [-0.1, -0.05) is 48.5 Å². The van der Waals surface area contributed by atoms with Crippen molar-refractivity contribution in [3.8, 4) is 22.9 Å². The van der Waals surface area contributed by atoms with Gasteiger partial charge < -0.3 is 10.1 Å². The third kappa shape index (κ3) is 4.96. The van der Waals surface area contributed by atoms with Crippen molar-refractivity contribution in [3.05, 3.63) is 89.5 Å². The van der Waals surface area contributed by atoms with Gasteiger partial charge >= 0.3 is 0 Å². The number of nitrogens with zero attached hydrogens (tertiary/aromatic N) is 1. The predicted octanol–water partition coefficient (Wildman–Crippen LogP) is 4.23. The topological polar surface area (TPSA) is 62.1 Å². The Labute approximate surface area is 159 Å². The highest BCUT2D eigenvalue weighted by molar-refractivity contribution is 5.77. The second kappa shape index (κ2) is 8.68. The van der Waals surface area contributed by atoms with Crippen LogP contribution in [0.2, 0.25) is 0 Å². The molecule has 4 heteroatoms. The molecule has 0 radical (unpaired) electrons. The molecule has 0 unspecified atom stereocenters. The fraction of sp³-hybridized carbons (Fsp3) is 0.130. The van der Waals surface area contributed by atoms with Gasteiger partial charge in [0.15, 0.2) is 6.61 Å². The standard InChI is InChI=1S/C23H20N2O2/c1-17-4-2-3-5-21(17)15-25-23(26)16-27-22-12-10-20(11-13-22)19-8-6-18(14-24)7-9-19/h2-13H,15-16H2,1H3,(H,25,26). The molecule has 0 aliphatic heterocycles. The van der Waals surface area contributed by atoms with Crippen LogP contribution in [0.5, 0.6) is 5.75 Å². The average molecular weight is 356 g/mol. The lowest BCUT2D eigenvalue weighted by Gasteiger charge is -2.10. The number of hydrogen-bond acceptors (Lipinski definition) is 3. The van der Waals surface area contributed by atoms with Crippen molar-refractivity contribution >= 4 is 5.91 Å². The summed E-state index contributed by atoms with van der Waals surface area (Å²) in [5.74, 6) is 0.479. The molecule has 0 aromatic heterocycles. The van der Waals surface area contributed by atoms with E-state index in [9.17, 15) is 4.79 Å². The highest BCUT2D eigenvalue weighted by Gasteiger charge is 2.05. The van der Waals surface area contributed by atoms with Crippen molar-refractivity contribution < 1.29 is 9.53 Å². The first-order valence-electron chi connectivity index (χ1n) is 8.70. The second-order valence-corrected chi connectivity index (χ2v) is 6.21. The molecule has 0 bridgehead atoms. The number of rotatable bonds is 6. The minimum absolute atomic E-state index is 0.0257. The van der Waals surface area contributed by atoms with Crippen LogP contribution >= 0.6 is 0 Å². The zero-order chi connectivity index (χ0) is 19.1. The Morgan fingerprint density at radius 2 is 1.59 bits per heavy atom. The number of carbonyl (C=O) groups is 1. The molecule has 0 aliphatic rings. The number of aryl methyl sites for hydroxylation is 1. The third-order valence-electron chi connectivity index (χ3n) is 4.31. The van der Waals surface area contributed by atoms with Crippen LogP contribution in [-0.4, -0.2) is 12.5 Å². The van der Waals surface area contributed by atoms with Gasteiger partial charge in [-0.25, -0.2) is 0 Å². The van der Waals surface area contributed by atoms with Crippen molar-refractivity contribution in [1.29, 1.82) is 5.26 Å². The molecule has 27 heavy (non-hydrogen) atoms. The van der Waals surface area contributed by atoms with Gasteiger partial charge in [0.2, 0.25) is 0 Å². The first kappa shape index (κ1) is 18.2. The lowest BCUT2D eigenvalue weighted by molar-refractivity contribution is -0.123. The van der Waals surface area contributed by atoms with Gasteiger partial charge in [-0.3, -0.25) is 4.79 Å². The number of nitriles is 1. The monoisotopic (exact) mass is 356 g/mol. The predicted molar refractivity (Wildman–Crippen MR) is 105 cm³/mol. The number of hydrogen-bond donors (Lipinski definition) is 1. The molecule has 0 saturated carbocycles. The highest BCUT2D eigenvalue weighted by atomic mass is 16.5. The van der Waals surface area contributed by atoms with Crippen LogP contribution < -0.4 is 10.1 Å². The van der Waals surface area contributed by atoms with E-state index in [1.54, 1.807) is 12.1 Å². The molecule has 134 valence electrons. The summed E-state index contributed by atoms with van der Waals surface area (Å²) in [4.78, 5) is 12.0. The first-order valence-corrected chi connectivity index (χ1v) is 8.70. The molecular formula is C23H20N2O2. The van der Waals surface area contributed by atoms with Gasteiger partial charge in [-0.2, -0.15) is 5.26 Å². The van der Waals surface area contributed by atoms with Crippen LogP contribution in [0.25, 0.3) is 11.1 Å². The molecule has 0 atom stereocenters. The van der Waals surface area contributed by atoms with E-state index in [2.05, 4.69) is 11.4 Å². The van der Waals surface area contributed by atoms with Gasteiger partial charge in [-0.15, -0.1) is 0 Å². The number of ether oxygens (including phenoxy) is 1. The van der Waals surface area contributed by atoms with Crippen molar-refractivity contribution in [1.82, 2.24) is 5.32 Å². The maximum Gasteiger partial charge on any atom is 0.258 e. The van der Waals surface area contributed by atoms with E-state index in [0.717, 1.165) is 22.3 Å². The summed E-state index contributed by atoms with van der Waals surface area (Å²) in [6.45, 7) is 2.49. The van der Waals surface area contributed by atoms with E-state index in [4.69, 9.17) is 10.00 Å². The Balaban J connectivity index is 1.51. The molecule has 3 aromatic rings. The van der Waals surface area contributed by atoms with Gasteiger partial charge in [0.25, 0.3) is 5.91 Å². The zero-order valence-corrected chi connectivity index (χ0v) is 15.1. The molecule has 3 aromatic carbocycles. The highest BCUT2D eigenvalue weighted by Crippen LogP contribution is 2.22. The first-order chi connectivity index (χ1) is 13.2. The van der Waals surface area contributed by atoms with Crippen LogP contribution in [0, 0.1) is 18.3 Å². The van der Waals surface area contributed by atoms with Crippen LogP contribution in [0.15, 0.2) is 72.8 Å². The Kier molecular flexibility index (Phi) is 5.86. The summed E-state index contributed by atoms with van der Waals surface area (Å²) < 4.78 is 5.56. The molecule has 0 spiro atoms. The Hall–Kier alpha value is -3.58. The van der Waals surface area contributed by atoms with E-state index in [1.165, 1.54) is 0 Å². The molecule has 0 heterocycles. The maximum absolute atomic E-state index is 12.0. The average Bonchev–Trinajstić information content (AvgIpc) is 2.72. The van der Waals surface area contributed by atoms with E-state index < -0.39 is 0 Å². The maximum atomic E-state index is 12.0. The van der Waals surface area contributed by atoms with Crippen molar-refractivity contribution in [2.45, 2.75) is 13.5 Å². The van der Waals surface area contributed by atoms with Crippen LogP contribution in [0.1, 0.15) is 16.7 Å². The summed E-state index contributed by atoms with van der Waals surface area (Å²) in [5.41, 5.74) is 4.93. The summed E-state index contributed by atoms with van der Waals surface area (Å²) in [6, 6.07) is 25.0. The minimum atomic E-state index is -0.158. The smallest absolute Gasteiger partial charge is 0.258 e. The minimum Gasteiger partial charge on any atom is -0.484 e. The van der Waals surface area contributed by atoms with Gasteiger partial charge in [0, 0.05) is 6.54 Å². The molecule has 4 nitrogen and oxygen atoms in total. The summed E-state index contributed by atoms with van der Waals surface area (Å²) in [6.07, 6.45) is 0. The largest absolute Gasteiger partial charge is 0.484 e.